The third-order valence-electron chi connectivity index (χ3n) is 5.18. The lowest BCUT2D eigenvalue weighted by Crippen LogP contribution is -2.30. The Bertz CT molecular complexity index is 1400. The number of aryl methyl sites for hydroxylation is 1. The maximum Gasteiger partial charge on any atom is 0.341 e. The first-order chi connectivity index (χ1) is 16.8. The Labute approximate surface area is 203 Å². The lowest BCUT2D eigenvalue weighted by atomic mass is 10.1. The lowest BCUT2D eigenvalue weighted by Gasteiger charge is -2.22. The van der Waals surface area contributed by atoms with Crippen LogP contribution in [0.5, 0.6) is 5.75 Å². The molecule has 180 valence electrons. The van der Waals surface area contributed by atoms with Crippen LogP contribution in [0.2, 0.25) is 0 Å². The van der Waals surface area contributed by atoms with E-state index in [1.54, 1.807) is 42.1 Å². The molecule has 1 N–H and O–H groups in total. The van der Waals surface area contributed by atoms with Crippen molar-refractivity contribution in [1.29, 1.82) is 0 Å². The number of rotatable bonds is 10. The number of pyridine rings is 1. The summed E-state index contributed by atoms with van der Waals surface area (Å²) in [5.41, 5.74) is 3.20. The van der Waals surface area contributed by atoms with Crippen molar-refractivity contribution in [2.24, 2.45) is 7.05 Å². The van der Waals surface area contributed by atoms with Gasteiger partial charge in [-0.3, -0.25) is 4.98 Å². The summed E-state index contributed by atoms with van der Waals surface area (Å²) in [6, 6.07) is 19.9. The van der Waals surface area contributed by atoms with Gasteiger partial charge in [0.1, 0.15) is 5.75 Å². The van der Waals surface area contributed by atoms with E-state index in [9.17, 15) is 13.2 Å². The van der Waals surface area contributed by atoms with Crippen LogP contribution < -0.4 is 4.74 Å². The predicted molar refractivity (Wildman–Crippen MR) is 129 cm³/mol. The summed E-state index contributed by atoms with van der Waals surface area (Å²) >= 11 is 0. The number of ether oxygens (including phenoxy) is 1. The molecule has 0 spiro atoms. The summed E-state index contributed by atoms with van der Waals surface area (Å²) in [5.74, 6) is -0.747. The van der Waals surface area contributed by atoms with Gasteiger partial charge in [-0.2, -0.15) is 4.31 Å². The van der Waals surface area contributed by atoms with Crippen LogP contribution >= 0.6 is 0 Å². The van der Waals surface area contributed by atoms with Crippen molar-refractivity contribution in [3.05, 3.63) is 96.6 Å². The molecule has 4 rings (SSSR count). The van der Waals surface area contributed by atoms with Crippen LogP contribution in [0.25, 0.3) is 11.3 Å². The van der Waals surface area contributed by atoms with Gasteiger partial charge in [-0.05, 0) is 35.4 Å². The van der Waals surface area contributed by atoms with E-state index >= 15 is 0 Å². The number of benzene rings is 2. The van der Waals surface area contributed by atoms with Gasteiger partial charge in [0.25, 0.3) is 10.0 Å². The highest BCUT2D eigenvalue weighted by Gasteiger charge is 2.27. The fourth-order valence-electron chi connectivity index (χ4n) is 3.48. The minimum Gasteiger partial charge on any atom is -0.482 e. The van der Waals surface area contributed by atoms with E-state index in [0.717, 1.165) is 16.8 Å². The molecule has 0 atom stereocenters. The molecule has 0 unspecified atom stereocenters. The molecule has 2 aromatic heterocycles. The number of nitrogens with zero attached hydrogens (tertiary/aromatic N) is 4. The molecule has 0 saturated heterocycles. The first kappa shape index (κ1) is 24.1. The van der Waals surface area contributed by atoms with E-state index in [1.165, 1.54) is 16.8 Å². The summed E-state index contributed by atoms with van der Waals surface area (Å²) < 4.78 is 35.1. The highest BCUT2D eigenvalue weighted by Crippen LogP contribution is 2.23. The number of carboxylic acid groups (broad SMARTS) is 1. The van der Waals surface area contributed by atoms with Crippen molar-refractivity contribution in [3.63, 3.8) is 0 Å². The number of carboxylic acids is 1. The Morgan fingerprint density at radius 1 is 1.00 bits per heavy atom. The molecule has 2 heterocycles. The van der Waals surface area contributed by atoms with E-state index in [-0.39, 0.29) is 18.1 Å². The van der Waals surface area contributed by atoms with Crippen molar-refractivity contribution < 1.29 is 23.1 Å². The minimum absolute atomic E-state index is 0.0468. The number of imidazole rings is 1. The average Bonchev–Trinajstić information content (AvgIpc) is 3.31. The molecule has 0 aliphatic heterocycles. The van der Waals surface area contributed by atoms with Crippen LogP contribution in [0.4, 0.5) is 0 Å². The molecule has 4 aromatic rings. The molecule has 0 saturated carbocycles. The van der Waals surface area contributed by atoms with Crippen molar-refractivity contribution in [1.82, 2.24) is 18.8 Å². The number of carbonyl (C=O) groups is 1. The molecule has 2 aromatic carbocycles. The Kier molecular flexibility index (Phi) is 7.23. The van der Waals surface area contributed by atoms with E-state index < -0.39 is 22.6 Å². The summed E-state index contributed by atoms with van der Waals surface area (Å²) in [4.78, 5) is 19.2. The summed E-state index contributed by atoms with van der Waals surface area (Å²) in [6.45, 7) is -0.325. The molecule has 10 heteroatoms. The van der Waals surface area contributed by atoms with Crippen LogP contribution in [0, 0.1) is 0 Å². The molecule has 0 bridgehead atoms. The molecule has 0 amide bonds. The summed E-state index contributed by atoms with van der Waals surface area (Å²) in [5, 5.41) is 8.80. The number of hydrogen-bond acceptors (Lipinski definition) is 6. The molecular weight excluding hydrogens is 468 g/mol. The number of aromatic nitrogens is 3. The van der Waals surface area contributed by atoms with Gasteiger partial charge in [0, 0.05) is 38.1 Å². The normalized spacial score (nSPS) is 11.5. The molecule has 35 heavy (non-hydrogen) atoms. The molecule has 0 aliphatic rings. The van der Waals surface area contributed by atoms with Crippen LogP contribution in [0.15, 0.2) is 90.5 Å². The molecular formula is C25H24N4O5S. The predicted octanol–water partition coefficient (Wildman–Crippen LogP) is 3.34. The van der Waals surface area contributed by atoms with E-state index in [2.05, 4.69) is 9.97 Å². The third-order valence-corrected chi connectivity index (χ3v) is 6.86. The number of aliphatic carboxylic acids is 1. The second kappa shape index (κ2) is 10.5. The number of sulfonamides is 1. The fourth-order valence-corrected chi connectivity index (χ4v) is 4.86. The van der Waals surface area contributed by atoms with E-state index in [0.29, 0.717) is 11.3 Å². The SMILES string of the molecule is Cn1cnc(S(=O)(=O)N(Cc2ccc(-c3ccccn3)cc2)Cc2cccc(OCC(=O)O)c2)c1. The zero-order valence-electron chi connectivity index (χ0n) is 19.0. The highest BCUT2D eigenvalue weighted by atomic mass is 32.2. The van der Waals surface area contributed by atoms with Gasteiger partial charge in [-0.1, -0.05) is 42.5 Å². The topological polar surface area (TPSA) is 115 Å². The Balaban J connectivity index is 1.61. The smallest absolute Gasteiger partial charge is 0.341 e. The standard InChI is InChI=1S/C25H24N4O5S/c1-28-16-24(27-18-28)35(32,33)29(15-20-5-4-6-22(13-20)34-17-25(30)31)14-19-8-10-21(11-9-19)23-7-2-3-12-26-23/h2-13,16,18H,14-15,17H2,1H3,(H,30,31). The monoisotopic (exact) mass is 492 g/mol. The van der Waals surface area contributed by atoms with Gasteiger partial charge in [0.05, 0.1) is 12.0 Å². The zero-order valence-corrected chi connectivity index (χ0v) is 19.8. The van der Waals surface area contributed by atoms with Crippen molar-refractivity contribution in [2.75, 3.05) is 6.61 Å². The van der Waals surface area contributed by atoms with Crippen molar-refractivity contribution >= 4 is 16.0 Å². The molecule has 0 aliphatic carbocycles. The van der Waals surface area contributed by atoms with Crippen LogP contribution in [0.3, 0.4) is 0 Å². The van der Waals surface area contributed by atoms with Crippen LogP contribution in [0.1, 0.15) is 11.1 Å². The second-order valence-electron chi connectivity index (χ2n) is 7.89. The van der Waals surface area contributed by atoms with Gasteiger partial charge >= 0.3 is 5.97 Å². The first-order valence-corrected chi connectivity index (χ1v) is 12.2. The summed E-state index contributed by atoms with van der Waals surface area (Å²) in [7, 11) is -2.22. The number of hydrogen-bond donors (Lipinski definition) is 1. The zero-order chi connectivity index (χ0) is 24.8. The Morgan fingerprint density at radius 3 is 2.43 bits per heavy atom. The van der Waals surface area contributed by atoms with Crippen molar-refractivity contribution in [2.45, 2.75) is 18.1 Å². The van der Waals surface area contributed by atoms with Gasteiger partial charge < -0.3 is 14.4 Å². The maximum atomic E-state index is 13.5. The molecule has 0 radical (unpaired) electrons. The Hall–Kier alpha value is -4.02. The largest absolute Gasteiger partial charge is 0.482 e. The Morgan fingerprint density at radius 2 is 1.77 bits per heavy atom. The van der Waals surface area contributed by atoms with Gasteiger partial charge in [0.2, 0.25) is 0 Å². The maximum absolute atomic E-state index is 13.5. The van der Waals surface area contributed by atoms with Gasteiger partial charge in [0.15, 0.2) is 11.6 Å². The second-order valence-corrected chi connectivity index (χ2v) is 9.78. The lowest BCUT2D eigenvalue weighted by molar-refractivity contribution is -0.139. The first-order valence-electron chi connectivity index (χ1n) is 10.7. The minimum atomic E-state index is -3.92. The van der Waals surface area contributed by atoms with Crippen LogP contribution in [-0.2, 0) is 35.0 Å². The van der Waals surface area contributed by atoms with E-state index in [1.807, 2.05) is 42.5 Å². The quantitative estimate of drug-likeness (QED) is 0.361. The summed E-state index contributed by atoms with van der Waals surface area (Å²) in [6.07, 6.45) is 4.62. The van der Waals surface area contributed by atoms with Gasteiger partial charge in [-0.25, -0.2) is 18.2 Å². The van der Waals surface area contributed by atoms with Crippen LogP contribution in [-0.4, -0.2) is 44.9 Å². The van der Waals surface area contributed by atoms with Crippen molar-refractivity contribution in [3.8, 4) is 17.0 Å². The van der Waals surface area contributed by atoms with Gasteiger partial charge in [-0.15, -0.1) is 0 Å². The molecule has 0 fully saturated rings. The van der Waals surface area contributed by atoms with E-state index in [4.69, 9.17) is 9.84 Å². The highest BCUT2D eigenvalue weighted by molar-refractivity contribution is 7.89. The third kappa shape index (κ3) is 6.11. The fraction of sp³-hybridized carbons (Fsp3) is 0.160. The average molecular weight is 493 g/mol. The molecule has 9 nitrogen and oxygen atoms in total.